The molecule has 0 N–H and O–H groups in total. The molecule has 2 aromatic carbocycles. The Balaban J connectivity index is 1.88. The molecule has 1 aliphatic rings. The standard InChI is InChI=1S/C20H21Br/c1-3-4-5-15-6-8-16(9-7-15)17-12-18-10-14(2)11-19(18)20(21)13-17/h6-9,11-13H,3-5,10H2,1-2H3. The Morgan fingerprint density at radius 3 is 2.52 bits per heavy atom. The summed E-state index contributed by atoms with van der Waals surface area (Å²) in [5, 5.41) is 0. The van der Waals surface area contributed by atoms with Crippen LogP contribution in [0.1, 0.15) is 43.4 Å². The van der Waals surface area contributed by atoms with Crippen LogP contribution in [-0.4, -0.2) is 0 Å². The molecular formula is C20H21Br. The van der Waals surface area contributed by atoms with Gasteiger partial charge < -0.3 is 0 Å². The van der Waals surface area contributed by atoms with E-state index in [-0.39, 0.29) is 0 Å². The minimum Gasteiger partial charge on any atom is -0.0683 e. The molecule has 0 saturated carbocycles. The SMILES string of the molecule is CCCCc1ccc(-c2cc(Br)c3c(c2)CC(C)=C3)cc1. The molecule has 1 aliphatic carbocycles. The Hall–Kier alpha value is -1.34. The van der Waals surface area contributed by atoms with Crippen LogP contribution < -0.4 is 0 Å². The van der Waals surface area contributed by atoms with E-state index in [0.717, 1.165) is 6.42 Å². The number of hydrogen-bond donors (Lipinski definition) is 0. The molecule has 3 rings (SSSR count). The van der Waals surface area contributed by atoms with Gasteiger partial charge in [-0.1, -0.05) is 71.3 Å². The molecule has 0 aliphatic heterocycles. The van der Waals surface area contributed by atoms with Gasteiger partial charge in [-0.15, -0.1) is 0 Å². The van der Waals surface area contributed by atoms with E-state index in [0.29, 0.717) is 0 Å². The number of fused-ring (bicyclic) bond motifs is 1. The molecule has 0 fully saturated rings. The molecule has 21 heavy (non-hydrogen) atoms. The van der Waals surface area contributed by atoms with E-state index in [1.54, 1.807) is 0 Å². The van der Waals surface area contributed by atoms with E-state index in [2.05, 4.69) is 72.3 Å². The lowest BCUT2D eigenvalue weighted by atomic mass is 9.98. The van der Waals surface area contributed by atoms with Gasteiger partial charge in [0.05, 0.1) is 0 Å². The molecular weight excluding hydrogens is 320 g/mol. The second-order valence-corrected chi connectivity index (χ2v) is 6.85. The fourth-order valence-corrected chi connectivity index (χ4v) is 3.61. The van der Waals surface area contributed by atoms with Gasteiger partial charge in [0.25, 0.3) is 0 Å². The van der Waals surface area contributed by atoms with Crippen LogP contribution in [0.5, 0.6) is 0 Å². The first-order chi connectivity index (χ1) is 10.2. The summed E-state index contributed by atoms with van der Waals surface area (Å²) >= 11 is 3.73. The summed E-state index contributed by atoms with van der Waals surface area (Å²) in [4.78, 5) is 0. The van der Waals surface area contributed by atoms with Crippen LogP contribution in [0.3, 0.4) is 0 Å². The maximum absolute atomic E-state index is 3.73. The first-order valence-corrected chi connectivity index (χ1v) is 8.55. The number of halogens is 1. The predicted molar refractivity (Wildman–Crippen MR) is 95.5 cm³/mol. The fraction of sp³-hybridized carbons (Fsp3) is 0.300. The zero-order valence-corrected chi connectivity index (χ0v) is 14.3. The molecule has 0 spiro atoms. The van der Waals surface area contributed by atoms with Crippen molar-refractivity contribution < 1.29 is 0 Å². The molecule has 1 heteroatoms. The largest absolute Gasteiger partial charge is 0.0683 e. The molecule has 108 valence electrons. The van der Waals surface area contributed by atoms with Crippen molar-refractivity contribution in [2.45, 2.75) is 39.5 Å². The molecule has 0 aromatic heterocycles. The van der Waals surface area contributed by atoms with E-state index in [1.807, 2.05) is 0 Å². The third-order valence-electron chi connectivity index (χ3n) is 4.18. The molecule has 0 heterocycles. The van der Waals surface area contributed by atoms with Crippen LogP contribution in [0.15, 0.2) is 46.4 Å². The average molecular weight is 341 g/mol. The highest BCUT2D eigenvalue weighted by atomic mass is 79.9. The topological polar surface area (TPSA) is 0 Å². The van der Waals surface area contributed by atoms with E-state index < -0.39 is 0 Å². The minimum absolute atomic E-state index is 1.08. The molecule has 0 bridgehead atoms. The van der Waals surface area contributed by atoms with E-state index in [4.69, 9.17) is 0 Å². The lowest BCUT2D eigenvalue weighted by Crippen LogP contribution is -1.89. The van der Waals surface area contributed by atoms with Gasteiger partial charge in [-0.2, -0.15) is 0 Å². The van der Waals surface area contributed by atoms with E-state index in [1.165, 1.54) is 57.1 Å². The van der Waals surface area contributed by atoms with Gasteiger partial charge in [0.2, 0.25) is 0 Å². The Labute approximate surface area is 136 Å². The van der Waals surface area contributed by atoms with Crippen LogP contribution in [0.2, 0.25) is 0 Å². The first kappa shape index (κ1) is 14.6. The third-order valence-corrected chi connectivity index (χ3v) is 4.84. The Morgan fingerprint density at radius 2 is 1.81 bits per heavy atom. The van der Waals surface area contributed by atoms with E-state index >= 15 is 0 Å². The van der Waals surface area contributed by atoms with Crippen LogP contribution in [0, 0.1) is 0 Å². The van der Waals surface area contributed by atoms with Crippen molar-refractivity contribution in [2.24, 2.45) is 0 Å². The summed E-state index contributed by atoms with van der Waals surface area (Å²) < 4.78 is 1.21. The molecule has 2 aromatic rings. The van der Waals surface area contributed by atoms with Crippen LogP contribution >= 0.6 is 15.9 Å². The maximum atomic E-state index is 3.73. The van der Waals surface area contributed by atoms with Gasteiger partial charge in [-0.05, 0) is 60.1 Å². The van der Waals surface area contributed by atoms with Crippen molar-refractivity contribution in [2.75, 3.05) is 0 Å². The monoisotopic (exact) mass is 340 g/mol. The second-order valence-electron chi connectivity index (χ2n) is 6.00. The van der Waals surface area contributed by atoms with Crippen molar-refractivity contribution in [1.82, 2.24) is 0 Å². The van der Waals surface area contributed by atoms with Gasteiger partial charge in [-0.3, -0.25) is 0 Å². The number of rotatable bonds is 4. The van der Waals surface area contributed by atoms with Crippen molar-refractivity contribution in [3.05, 3.63) is 63.1 Å². The van der Waals surface area contributed by atoms with Gasteiger partial charge in [0.15, 0.2) is 0 Å². The zero-order valence-electron chi connectivity index (χ0n) is 12.7. The summed E-state index contributed by atoms with van der Waals surface area (Å²) in [5.74, 6) is 0. The summed E-state index contributed by atoms with van der Waals surface area (Å²) in [5.41, 5.74) is 8.30. The molecule has 0 atom stereocenters. The van der Waals surface area contributed by atoms with Crippen molar-refractivity contribution in [3.63, 3.8) is 0 Å². The molecule has 0 saturated heterocycles. The number of benzene rings is 2. The van der Waals surface area contributed by atoms with Crippen LogP contribution in [-0.2, 0) is 12.8 Å². The highest BCUT2D eigenvalue weighted by Crippen LogP contribution is 2.35. The summed E-state index contributed by atoms with van der Waals surface area (Å²) in [7, 11) is 0. The molecule has 0 radical (unpaired) electrons. The second kappa shape index (κ2) is 6.19. The smallest absolute Gasteiger partial charge is 0.0256 e. The lowest BCUT2D eigenvalue weighted by molar-refractivity contribution is 0.795. The van der Waals surface area contributed by atoms with Crippen molar-refractivity contribution in [3.8, 4) is 11.1 Å². The Morgan fingerprint density at radius 1 is 1.05 bits per heavy atom. The normalized spacial score (nSPS) is 13.2. The lowest BCUT2D eigenvalue weighted by Gasteiger charge is -2.09. The van der Waals surface area contributed by atoms with Crippen molar-refractivity contribution >= 4 is 22.0 Å². The Kier molecular flexibility index (Phi) is 4.30. The highest BCUT2D eigenvalue weighted by molar-refractivity contribution is 9.10. The van der Waals surface area contributed by atoms with Crippen molar-refractivity contribution in [1.29, 1.82) is 0 Å². The Bertz CT molecular complexity index is 678. The van der Waals surface area contributed by atoms with Gasteiger partial charge in [0.1, 0.15) is 0 Å². The average Bonchev–Trinajstić information content (AvgIpc) is 2.86. The van der Waals surface area contributed by atoms with Gasteiger partial charge >= 0.3 is 0 Å². The quantitative estimate of drug-likeness (QED) is 0.602. The summed E-state index contributed by atoms with van der Waals surface area (Å²) in [6.45, 7) is 4.45. The number of allylic oxidation sites excluding steroid dienone is 1. The third kappa shape index (κ3) is 3.13. The van der Waals surface area contributed by atoms with Crippen LogP contribution in [0.25, 0.3) is 17.2 Å². The summed E-state index contributed by atoms with van der Waals surface area (Å²) in [6.07, 6.45) is 7.09. The number of aryl methyl sites for hydroxylation is 1. The predicted octanol–water partition coefficient (Wildman–Crippen LogP) is 6.42. The van der Waals surface area contributed by atoms with Gasteiger partial charge in [-0.25, -0.2) is 0 Å². The summed E-state index contributed by atoms with van der Waals surface area (Å²) in [6, 6.07) is 13.6. The number of unbranched alkanes of at least 4 members (excludes halogenated alkanes) is 1. The van der Waals surface area contributed by atoms with Gasteiger partial charge in [0, 0.05) is 4.47 Å². The van der Waals surface area contributed by atoms with E-state index in [9.17, 15) is 0 Å². The molecule has 0 nitrogen and oxygen atoms in total. The minimum atomic E-state index is 1.08. The molecule has 0 amide bonds. The first-order valence-electron chi connectivity index (χ1n) is 7.76. The number of hydrogen-bond acceptors (Lipinski definition) is 0. The molecule has 0 unspecified atom stereocenters. The van der Waals surface area contributed by atoms with Crippen LogP contribution in [0.4, 0.5) is 0 Å². The highest BCUT2D eigenvalue weighted by Gasteiger charge is 2.14. The zero-order chi connectivity index (χ0) is 14.8. The fourth-order valence-electron chi connectivity index (χ4n) is 2.99. The maximum Gasteiger partial charge on any atom is 0.0256 e.